The third-order valence-electron chi connectivity index (χ3n) is 2.93. The van der Waals surface area contributed by atoms with E-state index < -0.39 is 5.97 Å². The molecular weight excluding hydrogens is 327 g/mol. The summed E-state index contributed by atoms with van der Waals surface area (Å²) in [4.78, 5) is 11.5. The normalized spacial score (nSPS) is 10.9. The molecule has 1 N–H and O–H groups in total. The largest absolute Gasteiger partial charge is 0.478 e. The molecule has 6 heteroatoms. The SMILES string of the molecule is O=C(O)c1c(-c2ccc(F)cc2)nn2ccc(Br)cc12. The molecule has 0 unspecified atom stereocenters. The van der Waals surface area contributed by atoms with Crippen LogP contribution in [0.2, 0.25) is 0 Å². The first-order valence-electron chi connectivity index (χ1n) is 5.73. The number of nitrogens with zero attached hydrogens (tertiary/aromatic N) is 2. The molecule has 0 aliphatic heterocycles. The molecule has 0 aliphatic carbocycles. The number of carbonyl (C=O) groups is 1. The van der Waals surface area contributed by atoms with Crippen LogP contribution in [0, 0.1) is 5.82 Å². The number of carboxylic acid groups (broad SMARTS) is 1. The van der Waals surface area contributed by atoms with Gasteiger partial charge in [0.1, 0.15) is 17.1 Å². The second-order valence-electron chi connectivity index (χ2n) is 4.21. The van der Waals surface area contributed by atoms with Gasteiger partial charge in [0, 0.05) is 16.2 Å². The van der Waals surface area contributed by atoms with Gasteiger partial charge in [-0.15, -0.1) is 0 Å². The topological polar surface area (TPSA) is 54.6 Å². The Kier molecular flexibility index (Phi) is 3.02. The number of aromatic nitrogens is 2. The molecule has 0 atom stereocenters. The molecule has 0 radical (unpaired) electrons. The Labute approximate surface area is 121 Å². The van der Waals surface area contributed by atoms with Crippen molar-refractivity contribution in [1.29, 1.82) is 0 Å². The Balaban J connectivity index is 2.32. The Hall–Kier alpha value is -2.21. The minimum absolute atomic E-state index is 0.0953. The quantitative estimate of drug-likeness (QED) is 0.779. The van der Waals surface area contributed by atoms with Crippen molar-refractivity contribution in [3.63, 3.8) is 0 Å². The fraction of sp³-hybridized carbons (Fsp3) is 0. The van der Waals surface area contributed by atoms with E-state index in [1.165, 1.54) is 28.8 Å². The van der Waals surface area contributed by atoms with E-state index in [0.717, 1.165) is 4.47 Å². The van der Waals surface area contributed by atoms with Crippen molar-refractivity contribution in [2.75, 3.05) is 0 Å². The molecule has 0 amide bonds. The Bertz CT molecular complexity index is 812. The van der Waals surface area contributed by atoms with E-state index in [1.54, 1.807) is 18.3 Å². The van der Waals surface area contributed by atoms with Crippen LogP contribution in [0.3, 0.4) is 0 Å². The first-order chi connectivity index (χ1) is 9.56. The third-order valence-corrected chi connectivity index (χ3v) is 3.42. The molecule has 100 valence electrons. The molecule has 3 aromatic rings. The van der Waals surface area contributed by atoms with E-state index in [0.29, 0.717) is 16.8 Å². The summed E-state index contributed by atoms with van der Waals surface area (Å²) in [6, 6.07) is 9.03. The van der Waals surface area contributed by atoms with E-state index in [2.05, 4.69) is 21.0 Å². The van der Waals surface area contributed by atoms with Gasteiger partial charge in [0.2, 0.25) is 0 Å². The molecule has 4 nitrogen and oxygen atoms in total. The average molecular weight is 335 g/mol. The summed E-state index contributed by atoms with van der Waals surface area (Å²) in [7, 11) is 0. The minimum Gasteiger partial charge on any atom is -0.478 e. The second kappa shape index (κ2) is 4.72. The highest BCUT2D eigenvalue weighted by Gasteiger charge is 2.20. The number of rotatable bonds is 2. The molecule has 2 aromatic heterocycles. The van der Waals surface area contributed by atoms with Gasteiger partial charge in [-0.2, -0.15) is 5.10 Å². The molecule has 0 spiro atoms. The predicted molar refractivity (Wildman–Crippen MR) is 75.2 cm³/mol. The molecule has 20 heavy (non-hydrogen) atoms. The number of pyridine rings is 1. The van der Waals surface area contributed by atoms with Crippen LogP contribution in [-0.2, 0) is 0 Å². The van der Waals surface area contributed by atoms with Crippen LogP contribution in [0.5, 0.6) is 0 Å². The highest BCUT2D eigenvalue weighted by atomic mass is 79.9. The highest BCUT2D eigenvalue weighted by molar-refractivity contribution is 9.10. The van der Waals surface area contributed by atoms with E-state index in [9.17, 15) is 14.3 Å². The van der Waals surface area contributed by atoms with Crippen molar-refractivity contribution < 1.29 is 14.3 Å². The monoisotopic (exact) mass is 334 g/mol. The third kappa shape index (κ3) is 2.08. The summed E-state index contributed by atoms with van der Waals surface area (Å²) in [5.74, 6) is -1.45. The summed E-state index contributed by atoms with van der Waals surface area (Å²) in [6.07, 6.45) is 1.67. The second-order valence-corrected chi connectivity index (χ2v) is 5.13. The van der Waals surface area contributed by atoms with Gasteiger partial charge in [0.25, 0.3) is 0 Å². The number of aromatic carboxylic acids is 1. The van der Waals surface area contributed by atoms with E-state index in [-0.39, 0.29) is 11.4 Å². The van der Waals surface area contributed by atoms with Gasteiger partial charge < -0.3 is 5.11 Å². The first kappa shape index (κ1) is 12.8. The number of halogens is 2. The average Bonchev–Trinajstić information content (AvgIpc) is 2.78. The van der Waals surface area contributed by atoms with Gasteiger partial charge in [-0.3, -0.25) is 0 Å². The van der Waals surface area contributed by atoms with Crippen molar-refractivity contribution in [2.24, 2.45) is 0 Å². The number of carboxylic acids is 1. The van der Waals surface area contributed by atoms with Crippen molar-refractivity contribution >= 4 is 27.4 Å². The molecular formula is C14H8BrFN2O2. The summed E-state index contributed by atoms with van der Waals surface area (Å²) in [6.45, 7) is 0. The maximum absolute atomic E-state index is 13.0. The standard InChI is InChI=1S/C14H8BrFN2O2/c15-9-5-6-18-11(7-9)12(14(19)20)13(17-18)8-1-3-10(16)4-2-8/h1-7H,(H,19,20). The zero-order valence-corrected chi connectivity index (χ0v) is 11.6. The summed E-state index contributed by atoms with van der Waals surface area (Å²) >= 11 is 3.31. The van der Waals surface area contributed by atoms with Gasteiger partial charge in [-0.05, 0) is 36.4 Å². The van der Waals surface area contributed by atoms with E-state index >= 15 is 0 Å². The van der Waals surface area contributed by atoms with Crippen LogP contribution in [0.1, 0.15) is 10.4 Å². The van der Waals surface area contributed by atoms with Crippen LogP contribution in [-0.4, -0.2) is 20.7 Å². The van der Waals surface area contributed by atoms with E-state index in [4.69, 9.17) is 0 Å². The Morgan fingerprint density at radius 3 is 2.60 bits per heavy atom. The lowest BCUT2D eigenvalue weighted by Gasteiger charge is -1.98. The van der Waals surface area contributed by atoms with Crippen molar-refractivity contribution in [3.8, 4) is 11.3 Å². The molecule has 0 fully saturated rings. The van der Waals surface area contributed by atoms with Crippen molar-refractivity contribution in [3.05, 3.63) is 58.4 Å². The van der Waals surface area contributed by atoms with Gasteiger partial charge >= 0.3 is 5.97 Å². The summed E-state index contributed by atoms with van der Waals surface area (Å²) < 4.78 is 15.2. The van der Waals surface area contributed by atoms with Crippen LogP contribution in [0.15, 0.2) is 47.1 Å². The zero-order chi connectivity index (χ0) is 14.3. The van der Waals surface area contributed by atoms with Crippen LogP contribution in [0.25, 0.3) is 16.8 Å². The Morgan fingerprint density at radius 1 is 1.25 bits per heavy atom. The lowest BCUT2D eigenvalue weighted by atomic mass is 10.1. The number of benzene rings is 1. The van der Waals surface area contributed by atoms with Crippen LogP contribution < -0.4 is 0 Å². The maximum atomic E-state index is 13.0. The molecule has 0 saturated carbocycles. The molecule has 0 bridgehead atoms. The van der Waals surface area contributed by atoms with E-state index in [1.807, 2.05) is 0 Å². The minimum atomic E-state index is -1.07. The molecule has 3 rings (SSSR count). The fourth-order valence-electron chi connectivity index (χ4n) is 2.04. The first-order valence-corrected chi connectivity index (χ1v) is 6.52. The highest BCUT2D eigenvalue weighted by Crippen LogP contribution is 2.27. The van der Waals surface area contributed by atoms with Crippen molar-refractivity contribution in [1.82, 2.24) is 9.61 Å². The van der Waals surface area contributed by atoms with Gasteiger partial charge in [0.15, 0.2) is 0 Å². The summed E-state index contributed by atoms with van der Waals surface area (Å²) in [5.41, 5.74) is 1.45. The maximum Gasteiger partial charge on any atom is 0.340 e. The molecule has 0 saturated heterocycles. The van der Waals surface area contributed by atoms with Gasteiger partial charge in [-0.1, -0.05) is 15.9 Å². The number of hydrogen-bond acceptors (Lipinski definition) is 2. The molecule has 0 aliphatic rings. The lowest BCUT2D eigenvalue weighted by Crippen LogP contribution is -1.98. The van der Waals surface area contributed by atoms with Crippen LogP contribution in [0.4, 0.5) is 4.39 Å². The fourth-order valence-corrected chi connectivity index (χ4v) is 2.38. The number of hydrogen-bond donors (Lipinski definition) is 1. The number of fused-ring (bicyclic) bond motifs is 1. The predicted octanol–water partition coefficient (Wildman–Crippen LogP) is 3.60. The smallest absolute Gasteiger partial charge is 0.340 e. The Morgan fingerprint density at radius 2 is 1.95 bits per heavy atom. The molecule has 1 aromatic carbocycles. The molecule has 2 heterocycles. The van der Waals surface area contributed by atoms with Crippen LogP contribution >= 0.6 is 15.9 Å². The van der Waals surface area contributed by atoms with Gasteiger partial charge in [0.05, 0.1) is 5.52 Å². The lowest BCUT2D eigenvalue weighted by molar-refractivity contribution is 0.0700. The van der Waals surface area contributed by atoms with Crippen molar-refractivity contribution in [2.45, 2.75) is 0 Å². The van der Waals surface area contributed by atoms with Gasteiger partial charge in [-0.25, -0.2) is 13.7 Å². The summed E-state index contributed by atoms with van der Waals surface area (Å²) in [5, 5.41) is 13.7. The zero-order valence-electron chi connectivity index (χ0n) is 10.0.